The number of aryl methyl sites for hydroxylation is 1. The summed E-state index contributed by atoms with van der Waals surface area (Å²) >= 11 is 6.01. The highest BCUT2D eigenvalue weighted by atomic mass is 35.5. The number of ether oxygens (including phenoxy) is 2. The van der Waals surface area contributed by atoms with Crippen molar-refractivity contribution in [3.63, 3.8) is 0 Å². The van der Waals surface area contributed by atoms with Gasteiger partial charge in [0, 0.05) is 6.54 Å². The Labute approximate surface area is 153 Å². The third-order valence-corrected chi connectivity index (χ3v) is 6.42. The van der Waals surface area contributed by atoms with E-state index in [2.05, 4.69) is 4.72 Å². The summed E-state index contributed by atoms with van der Waals surface area (Å²) in [5.74, 6) is 1.44. The molecule has 3 rings (SSSR count). The van der Waals surface area contributed by atoms with Crippen molar-refractivity contribution < 1.29 is 17.9 Å². The number of halogens is 1. The molecule has 1 unspecified atom stereocenters. The number of methoxy groups -OCH3 is 2. The molecule has 0 radical (unpaired) electrons. The van der Waals surface area contributed by atoms with Crippen LogP contribution in [0.3, 0.4) is 0 Å². The van der Waals surface area contributed by atoms with Crippen LogP contribution in [0.2, 0.25) is 5.02 Å². The minimum atomic E-state index is -3.65. The van der Waals surface area contributed by atoms with Crippen LogP contribution in [0.25, 0.3) is 0 Å². The Morgan fingerprint density at radius 1 is 1.16 bits per heavy atom. The van der Waals surface area contributed by atoms with Crippen LogP contribution >= 0.6 is 11.6 Å². The molecular weight excluding hydrogens is 362 g/mol. The highest BCUT2D eigenvalue weighted by Crippen LogP contribution is 2.40. The van der Waals surface area contributed by atoms with Crippen LogP contribution in [0.1, 0.15) is 23.5 Å². The lowest BCUT2D eigenvalue weighted by molar-refractivity contribution is 0.354. The van der Waals surface area contributed by atoms with Crippen LogP contribution in [0.5, 0.6) is 11.5 Å². The van der Waals surface area contributed by atoms with Crippen molar-refractivity contribution >= 4 is 21.6 Å². The number of sulfonamides is 1. The number of benzene rings is 2. The average molecular weight is 382 g/mol. The van der Waals surface area contributed by atoms with Crippen LogP contribution in [0.4, 0.5) is 0 Å². The Morgan fingerprint density at radius 3 is 2.52 bits per heavy atom. The third kappa shape index (κ3) is 3.61. The third-order valence-electron chi connectivity index (χ3n) is 4.49. The summed E-state index contributed by atoms with van der Waals surface area (Å²) in [6.07, 6.45) is 1.75. The van der Waals surface area contributed by atoms with Crippen LogP contribution in [-0.4, -0.2) is 29.2 Å². The Kier molecular flexibility index (Phi) is 5.22. The molecule has 1 N–H and O–H groups in total. The quantitative estimate of drug-likeness (QED) is 0.833. The molecule has 0 heterocycles. The minimum absolute atomic E-state index is 0.0899. The standard InChI is InChI=1S/C18H20ClNO4S/c1-23-16-9-12-7-8-13(14(12)10-17(16)24-2)11-20-25(21,22)18-6-4-3-5-15(18)19/h3-6,9-10,13,20H,7-8,11H2,1-2H3. The maximum absolute atomic E-state index is 12.5. The van der Waals surface area contributed by atoms with E-state index in [9.17, 15) is 8.42 Å². The van der Waals surface area contributed by atoms with Crippen LogP contribution < -0.4 is 14.2 Å². The zero-order chi connectivity index (χ0) is 18.0. The highest BCUT2D eigenvalue weighted by Gasteiger charge is 2.27. The highest BCUT2D eigenvalue weighted by molar-refractivity contribution is 7.89. The molecule has 134 valence electrons. The molecule has 0 bridgehead atoms. The van der Waals surface area contributed by atoms with E-state index in [-0.39, 0.29) is 15.8 Å². The Morgan fingerprint density at radius 2 is 1.84 bits per heavy atom. The van der Waals surface area contributed by atoms with Crippen LogP contribution in [0.15, 0.2) is 41.3 Å². The van der Waals surface area contributed by atoms with Gasteiger partial charge in [-0.15, -0.1) is 0 Å². The second-order valence-electron chi connectivity index (χ2n) is 5.92. The predicted molar refractivity (Wildman–Crippen MR) is 97.2 cm³/mol. The monoisotopic (exact) mass is 381 g/mol. The number of nitrogens with one attached hydrogen (secondary N) is 1. The largest absolute Gasteiger partial charge is 0.493 e. The molecule has 0 fully saturated rings. The van der Waals surface area contributed by atoms with E-state index in [0.717, 1.165) is 18.4 Å². The number of fused-ring (bicyclic) bond motifs is 1. The summed E-state index contributed by atoms with van der Waals surface area (Å²) in [6, 6.07) is 10.3. The molecule has 0 saturated carbocycles. The first-order chi connectivity index (χ1) is 12.0. The molecule has 1 atom stereocenters. The van der Waals surface area contributed by atoms with Gasteiger partial charge in [-0.3, -0.25) is 0 Å². The summed E-state index contributed by atoms with van der Waals surface area (Å²) in [7, 11) is -0.450. The first-order valence-electron chi connectivity index (χ1n) is 7.95. The van der Waals surface area contributed by atoms with Crippen LogP contribution in [-0.2, 0) is 16.4 Å². The van der Waals surface area contributed by atoms with Crippen molar-refractivity contribution in [2.24, 2.45) is 0 Å². The maximum atomic E-state index is 12.5. The van der Waals surface area contributed by atoms with Gasteiger partial charge in [-0.1, -0.05) is 23.7 Å². The SMILES string of the molecule is COc1cc2c(cc1OC)C(CNS(=O)(=O)c1ccccc1Cl)CC2. The topological polar surface area (TPSA) is 64.6 Å². The molecule has 0 aliphatic heterocycles. The first-order valence-corrected chi connectivity index (χ1v) is 9.81. The molecule has 7 heteroatoms. The van der Waals surface area contributed by atoms with Gasteiger partial charge in [-0.25, -0.2) is 13.1 Å². The summed E-state index contributed by atoms with van der Waals surface area (Å²) < 4.78 is 38.4. The first kappa shape index (κ1) is 18.0. The molecule has 0 aromatic heterocycles. The van der Waals surface area contributed by atoms with E-state index < -0.39 is 10.0 Å². The summed E-state index contributed by atoms with van der Waals surface area (Å²) in [5.41, 5.74) is 2.26. The summed E-state index contributed by atoms with van der Waals surface area (Å²) in [5, 5.41) is 0.216. The second kappa shape index (κ2) is 7.23. The molecule has 1 aliphatic rings. The molecule has 2 aromatic carbocycles. The lowest BCUT2D eigenvalue weighted by Gasteiger charge is -2.16. The van der Waals surface area contributed by atoms with Gasteiger partial charge in [-0.2, -0.15) is 0 Å². The summed E-state index contributed by atoms with van der Waals surface area (Å²) in [4.78, 5) is 0.0993. The molecule has 0 amide bonds. The van der Waals surface area contributed by atoms with Crippen molar-refractivity contribution in [2.75, 3.05) is 20.8 Å². The molecular formula is C18H20ClNO4S. The van der Waals surface area contributed by atoms with E-state index in [4.69, 9.17) is 21.1 Å². The molecule has 0 spiro atoms. The fourth-order valence-electron chi connectivity index (χ4n) is 3.18. The van der Waals surface area contributed by atoms with Gasteiger partial charge in [0.1, 0.15) is 4.90 Å². The van der Waals surface area contributed by atoms with E-state index >= 15 is 0 Å². The lowest BCUT2D eigenvalue weighted by Crippen LogP contribution is -2.28. The van der Waals surface area contributed by atoms with Crippen molar-refractivity contribution in [3.8, 4) is 11.5 Å². The van der Waals surface area contributed by atoms with Gasteiger partial charge in [0.05, 0.1) is 19.2 Å². The Balaban J connectivity index is 1.80. The maximum Gasteiger partial charge on any atom is 0.242 e. The van der Waals surface area contributed by atoms with Gasteiger partial charge in [0.2, 0.25) is 10.0 Å². The predicted octanol–water partition coefficient (Wildman–Crippen LogP) is 3.37. The fourth-order valence-corrected chi connectivity index (χ4v) is 4.78. The van der Waals surface area contributed by atoms with Crippen molar-refractivity contribution in [1.82, 2.24) is 4.72 Å². The van der Waals surface area contributed by atoms with Crippen molar-refractivity contribution in [3.05, 3.63) is 52.5 Å². The molecule has 25 heavy (non-hydrogen) atoms. The van der Waals surface area contributed by atoms with Gasteiger partial charge >= 0.3 is 0 Å². The minimum Gasteiger partial charge on any atom is -0.493 e. The Bertz CT molecular complexity index is 883. The van der Waals surface area contributed by atoms with E-state index in [0.29, 0.717) is 18.0 Å². The normalized spacial score (nSPS) is 16.5. The van der Waals surface area contributed by atoms with Gasteiger partial charge in [0.25, 0.3) is 0 Å². The van der Waals surface area contributed by atoms with E-state index in [1.54, 1.807) is 32.4 Å². The lowest BCUT2D eigenvalue weighted by atomic mass is 10.0. The fraction of sp³-hybridized carbons (Fsp3) is 0.333. The number of hydrogen-bond donors (Lipinski definition) is 1. The zero-order valence-corrected chi connectivity index (χ0v) is 15.7. The number of hydrogen-bond acceptors (Lipinski definition) is 4. The van der Waals surface area contributed by atoms with Gasteiger partial charge < -0.3 is 9.47 Å². The summed E-state index contributed by atoms with van der Waals surface area (Å²) in [6.45, 7) is 0.316. The molecule has 0 saturated heterocycles. The molecule has 5 nitrogen and oxygen atoms in total. The van der Waals surface area contributed by atoms with Crippen molar-refractivity contribution in [2.45, 2.75) is 23.7 Å². The average Bonchev–Trinajstić information content (AvgIpc) is 3.01. The molecule has 2 aromatic rings. The van der Waals surface area contributed by atoms with E-state index in [1.807, 2.05) is 12.1 Å². The zero-order valence-electron chi connectivity index (χ0n) is 14.1. The van der Waals surface area contributed by atoms with Gasteiger partial charge in [0.15, 0.2) is 11.5 Å². The smallest absolute Gasteiger partial charge is 0.242 e. The molecule has 1 aliphatic carbocycles. The van der Waals surface area contributed by atoms with Crippen LogP contribution in [0, 0.1) is 0 Å². The Hall–Kier alpha value is -1.76. The van der Waals surface area contributed by atoms with Gasteiger partial charge in [-0.05, 0) is 54.2 Å². The second-order valence-corrected chi connectivity index (χ2v) is 8.07. The van der Waals surface area contributed by atoms with E-state index in [1.165, 1.54) is 11.6 Å². The van der Waals surface area contributed by atoms with Crippen molar-refractivity contribution in [1.29, 1.82) is 0 Å². The number of rotatable bonds is 6.